The molecule has 16 heavy (non-hydrogen) atoms. The molecule has 1 aromatic heterocycles. The number of likely N-dealkylation sites (N-methyl/N-ethyl adjacent to an activating group) is 1. The van der Waals surface area contributed by atoms with Crippen molar-refractivity contribution in [1.29, 1.82) is 0 Å². The van der Waals surface area contributed by atoms with Gasteiger partial charge in [0.05, 0.1) is 0 Å². The number of rotatable bonds is 6. The fraction of sp³-hybridized carbons (Fsp3) is 0.750. The van der Waals surface area contributed by atoms with Gasteiger partial charge in [0.1, 0.15) is 6.54 Å². The van der Waals surface area contributed by atoms with Gasteiger partial charge in [-0.1, -0.05) is 5.10 Å². The molecule has 0 unspecified atom stereocenters. The predicted octanol–water partition coefficient (Wildman–Crippen LogP) is -1.34. The van der Waals surface area contributed by atoms with Crippen LogP contribution in [0, 0.1) is 0 Å². The van der Waals surface area contributed by atoms with Crippen molar-refractivity contribution < 1.29 is 9.90 Å². The van der Waals surface area contributed by atoms with Crippen molar-refractivity contribution in [3.63, 3.8) is 0 Å². The summed E-state index contributed by atoms with van der Waals surface area (Å²) in [5.41, 5.74) is 0. The molecule has 1 aromatic rings. The number of carbonyl (C=O) groups is 1. The minimum absolute atomic E-state index is 0.109. The van der Waals surface area contributed by atoms with Crippen LogP contribution < -0.4 is 4.90 Å². The fourth-order valence-corrected chi connectivity index (χ4v) is 1.23. The summed E-state index contributed by atoms with van der Waals surface area (Å²) in [6.07, 6.45) is 0. The second-order valence-electron chi connectivity index (χ2n) is 3.72. The molecule has 90 valence electrons. The van der Waals surface area contributed by atoms with Gasteiger partial charge in [0.2, 0.25) is 5.95 Å². The summed E-state index contributed by atoms with van der Waals surface area (Å²) in [5.74, 6) is -0.439. The molecule has 0 aliphatic carbocycles. The fourth-order valence-electron chi connectivity index (χ4n) is 1.23. The molecule has 0 amide bonds. The van der Waals surface area contributed by atoms with Gasteiger partial charge >= 0.3 is 5.97 Å². The van der Waals surface area contributed by atoms with Crippen LogP contribution in [0.4, 0.5) is 5.95 Å². The zero-order valence-corrected chi connectivity index (χ0v) is 9.66. The van der Waals surface area contributed by atoms with E-state index in [1.807, 2.05) is 19.0 Å². The topological polar surface area (TPSA) is 87.4 Å². The summed E-state index contributed by atoms with van der Waals surface area (Å²) in [7, 11) is 5.53. The van der Waals surface area contributed by atoms with Gasteiger partial charge in [-0.05, 0) is 24.5 Å². The van der Waals surface area contributed by atoms with Crippen molar-refractivity contribution in [2.75, 3.05) is 38.6 Å². The van der Waals surface area contributed by atoms with Crippen LogP contribution in [0.5, 0.6) is 0 Å². The molecule has 0 aliphatic heterocycles. The van der Waals surface area contributed by atoms with Crippen LogP contribution in [0.15, 0.2) is 0 Å². The van der Waals surface area contributed by atoms with Crippen LogP contribution >= 0.6 is 0 Å². The Morgan fingerprint density at radius 1 is 1.44 bits per heavy atom. The first kappa shape index (κ1) is 12.4. The highest BCUT2D eigenvalue weighted by Crippen LogP contribution is 2.05. The highest BCUT2D eigenvalue weighted by molar-refractivity contribution is 5.72. The van der Waals surface area contributed by atoms with E-state index in [-0.39, 0.29) is 6.54 Å². The number of hydrogen-bond acceptors (Lipinski definition) is 6. The van der Waals surface area contributed by atoms with Crippen LogP contribution in [0.3, 0.4) is 0 Å². The van der Waals surface area contributed by atoms with Crippen LogP contribution in [-0.4, -0.2) is 69.9 Å². The standard InChI is InChI=1S/C8H16N6O2/c1-12(2)4-5-14(6-7(15)16)8-9-10-11-13(8)3/h4-6H2,1-3H3,(H,15,16). The molecular formula is C8H16N6O2. The third-order valence-corrected chi connectivity index (χ3v) is 2.02. The molecule has 0 radical (unpaired) electrons. The molecule has 1 rings (SSSR count). The van der Waals surface area contributed by atoms with E-state index in [4.69, 9.17) is 5.11 Å². The van der Waals surface area contributed by atoms with Crippen molar-refractivity contribution >= 4 is 11.9 Å². The summed E-state index contributed by atoms with van der Waals surface area (Å²) in [4.78, 5) is 14.3. The van der Waals surface area contributed by atoms with E-state index in [1.165, 1.54) is 4.68 Å². The van der Waals surface area contributed by atoms with E-state index < -0.39 is 5.97 Å². The molecular weight excluding hydrogens is 212 g/mol. The summed E-state index contributed by atoms with van der Waals surface area (Å²) in [6, 6.07) is 0. The van der Waals surface area contributed by atoms with Gasteiger partial charge < -0.3 is 14.9 Å². The quantitative estimate of drug-likeness (QED) is 0.645. The maximum absolute atomic E-state index is 10.7. The first-order valence-electron chi connectivity index (χ1n) is 4.84. The Morgan fingerprint density at radius 2 is 2.12 bits per heavy atom. The lowest BCUT2D eigenvalue weighted by Crippen LogP contribution is -2.37. The monoisotopic (exact) mass is 228 g/mol. The van der Waals surface area contributed by atoms with E-state index in [0.29, 0.717) is 12.5 Å². The average Bonchev–Trinajstić information content (AvgIpc) is 2.58. The summed E-state index contributed by atoms with van der Waals surface area (Å²) in [5, 5.41) is 19.8. The number of aliphatic carboxylic acids is 1. The molecule has 8 nitrogen and oxygen atoms in total. The number of hydrogen-bond donors (Lipinski definition) is 1. The Balaban J connectivity index is 2.71. The van der Waals surface area contributed by atoms with Gasteiger partial charge in [0, 0.05) is 20.1 Å². The molecule has 0 aliphatic rings. The lowest BCUT2D eigenvalue weighted by Gasteiger charge is -2.22. The first-order chi connectivity index (χ1) is 7.50. The summed E-state index contributed by atoms with van der Waals surface area (Å²) in [6.45, 7) is 1.19. The largest absolute Gasteiger partial charge is 0.480 e. The number of carboxylic acids is 1. The van der Waals surface area contributed by atoms with Gasteiger partial charge in [0.25, 0.3) is 0 Å². The van der Waals surface area contributed by atoms with Gasteiger partial charge in [-0.2, -0.15) is 0 Å². The molecule has 1 heterocycles. The van der Waals surface area contributed by atoms with E-state index in [2.05, 4.69) is 15.5 Å². The number of carboxylic acid groups (broad SMARTS) is 1. The van der Waals surface area contributed by atoms with Crippen molar-refractivity contribution in [2.24, 2.45) is 7.05 Å². The lowest BCUT2D eigenvalue weighted by atomic mass is 10.4. The average molecular weight is 228 g/mol. The number of tetrazole rings is 1. The molecule has 0 saturated heterocycles. The van der Waals surface area contributed by atoms with Crippen LogP contribution in [-0.2, 0) is 11.8 Å². The predicted molar refractivity (Wildman–Crippen MR) is 57.2 cm³/mol. The number of aryl methyl sites for hydroxylation is 1. The molecule has 0 atom stereocenters. The third kappa shape index (κ3) is 3.46. The van der Waals surface area contributed by atoms with Gasteiger partial charge in [0.15, 0.2) is 0 Å². The van der Waals surface area contributed by atoms with Crippen LogP contribution in [0.2, 0.25) is 0 Å². The zero-order valence-electron chi connectivity index (χ0n) is 9.66. The first-order valence-corrected chi connectivity index (χ1v) is 4.84. The van der Waals surface area contributed by atoms with Gasteiger partial charge in [-0.3, -0.25) is 4.79 Å². The van der Waals surface area contributed by atoms with E-state index >= 15 is 0 Å². The minimum atomic E-state index is -0.901. The Hall–Kier alpha value is -1.70. The normalized spacial score (nSPS) is 10.8. The second kappa shape index (κ2) is 5.40. The summed E-state index contributed by atoms with van der Waals surface area (Å²) < 4.78 is 1.46. The van der Waals surface area contributed by atoms with Crippen LogP contribution in [0.25, 0.3) is 0 Å². The highest BCUT2D eigenvalue weighted by Gasteiger charge is 2.16. The number of aromatic nitrogens is 4. The molecule has 0 fully saturated rings. The van der Waals surface area contributed by atoms with Crippen molar-refractivity contribution in [2.45, 2.75) is 0 Å². The zero-order chi connectivity index (χ0) is 12.1. The van der Waals surface area contributed by atoms with Crippen molar-refractivity contribution in [3.8, 4) is 0 Å². The number of nitrogens with zero attached hydrogens (tertiary/aromatic N) is 6. The molecule has 1 N–H and O–H groups in total. The maximum Gasteiger partial charge on any atom is 0.323 e. The van der Waals surface area contributed by atoms with Gasteiger partial charge in [-0.25, -0.2) is 4.68 Å². The Kier molecular flexibility index (Phi) is 4.18. The second-order valence-corrected chi connectivity index (χ2v) is 3.72. The maximum atomic E-state index is 10.7. The number of anilines is 1. The third-order valence-electron chi connectivity index (χ3n) is 2.02. The molecule has 0 aromatic carbocycles. The van der Waals surface area contributed by atoms with E-state index in [1.54, 1.807) is 11.9 Å². The molecule has 0 saturated carbocycles. The van der Waals surface area contributed by atoms with Crippen LogP contribution in [0.1, 0.15) is 0 Å². The van der Waals surface area contributed by atoms with Crippen molar-refractivity contribution in [1.82, 2.24) is 25.1 Å². The van der Waals surface area contributed by atoms with E-state index in [0.717, 1.165) is 6.54 Å². The molecule has 8 heteroatoms. The highest BCUT2D eigenvalue weighted by atomic mass is 16.4. The Bertz CT molecular complexity index is 350. The van der Waals surface area contributed by atoms with Crippen molar-refractivity contribution in [3.05, 3.63) is 0 Å². The minimum Gasteiger partial charge on any atom is -0.480 e. The smallest absolute Gasteiger partial charge is 0.323 e. The Labute approximate surface area is 93.4 Å². The lowest BCUT2D eigenvalue weighted by molar-refractivity contribution is -0.135. The molecule has 0 spiro atoms. The SMILES string of the molecule is CN(C)CCN(CC(=O)O)c1nnnn1C. The summed E-state index contributed by atoms with van der Waals surface area (Å²) >= 11 is 0. The molecule has 0 bridgehead atoms. The Morgan fingerprint density at radius 3 is 2.56 bits per heavy atom. The van der Waals surface area contributed by atoms with Gasteiger partial charge in [-0.15, -0.1) is 0 Å². The van der Waals surface area contributed by atoms with E-state index in [9.17, 15) is 4.79 Å².